The van der Waals surface area contributed by atoms with Gasteiger partial charge in [0, 0.05) is 23.9 Å². The third kappa shape index (κ3) is 7.59. The van der Waals surface area contributed by atoms with Gasteiger partial charge in [0.15, 0.2) is 5.75 Å². The predicted molar refractivity (Wildman–Crippen MR) is 119 cm³/mol. The molecule has 0 unspecified atom stereocenters. The standard InChI is InChI=1S/C22H26Cl2N2O3/c1-3-4-5-6-7-12-29-21-19(23)13-16(14-20(21)24)22(28)26-18-10-8-17(9-11-18)25-15(2)27/h8-11,13-14H,3-7,12H2,1-2H3,(H,25,27)(H,26,28). The Morgan fingerprint density at radius 2 is 1.45 bits per heavy atom. The Morgan fingerprint density at radius 3 is 2.00 bits per heavy atom. The average molecular weight is 437 g/mol. The Hall–Kier alpha value is -2.24. The maximum absolute atomic E-state index is 12.5. The topological polar surface area (TPSA) is 67.4 Å². The van der Waals surface area contributed by atoms with Gasteiger partial charge in [0.1, 0.15) is 0 Å². The first-order chi connectivity index (χ1) is 13.9. The Labute approximate surface area is 181 Å². The van der Waals surface area contributed by atoms with Crippen molar-refractivity contribution in [3.63, 3.8) is 0 Å². The van der Waals surface area contributed by atoms with E-state index in [1.54, 1.807) is 36.4 Å². The summed E-state index contributed by atoms with van der Waals surface area (Å²) in [5.41, 5.74) is 1.57. The quantitative estimate of drug-likeness (QED) is 0.414. The van der Waals surface area contributed by atoms with E-state index < -0.39 is 0 Å². The molecular formula is C22H26Cl2N2O3. The number of halogens is 2. The molecule has 0 fully saturated rings. The number of hydrogen-bond donors (Lipinski definition) is 2. The molecule has 0 heterocycles. The number of ether oxygens (including phenoxy) is 1. The highest BCUT2D eigenvalue weighted by Crippen LogP contribution is 2.34. The van der Waals surface area contributed by atoms with Crippen LogP contribution in [0.5, 0.6) is 5.75 Å². The molecule has 2 aromatic carbocycles. The lowest BCUT2D eigenvalue weighted by Crippen LogP contribution is -2.12. The molecule has 0 aromatic heterocycles. The summed E-state index contributed by atoms with van der Waals surface area (Å²) in [5.74, 6) is -0.0958. The van der Waals surface area contributed by atoms with E-state index >= 15 is 0 Å². The number of hydrogen-bond acceptors (Lipinski definition) is 3. The van der Waals surface area contributed by atoms with Crippen molar-refractivity contribution in [2.24, 2.45) is 0 Å². The molecule has 2 amide bonds. The highest BCUT2D eigenvalue weighted by atomic mass is 35.5. The maximum Gasteiger partial charge on any atom is 0.255 e. The van der Waals surface area contributed by atoms with Crippen LogP contribution in [0.15, 0.2) is 36.4 Å². The van der Waals surface area contributed by atoms with Crippen LogP contribution in [0, 0.1) is 0 Å². The van der Waals surface area contributed by atoms with Gasteiger partial charge in [-0.25, -0.2) is 0 Å². The van der Waals surface area contributed by atoms with Crippen LogP contribution in [0.4, 0.5) is 11.4 Å². The largest absolute Gasteiger partial charge is 0.490 e. The summed E-state index contributed by atoms with van der Waals surface area (Å²) in [6, 6.07) is 9.88. The van der Waals surface area contributed by atoms with Crippen molar-refractivity contribution in [1.82, 2.24) is 0 Å². The van der Waals surface area contributed by atoms with Gasteiger partial charge < -0.3 is 15.4 Å². The lowest BCUT2D eigenvalue weighted by molar-refractivity contribution is -0.114. The summed E-state index contributed by atoms with van der Waals surface area (Å²) >= 11 is 12.6. The van der Waals surface area contributed by atoms with Crippen LogP contribution >= 0.6 is 23.2 Å². The van der Waals surface area contributed by atoms with Crippen LogP contribution in [-0.2, 0) is 4.79 Å². The zero-order chi connectivity index (χ0) is 21.2. The highest BCUT2D eigenvalue weighted by molar-refractivity contribution is 6.37. The molecule has 156 valence electrons. The third-order valence-corrected chi connectivity index (χ3v) is 4.78. The van der Waals surface area contributed by atoms with Crippen molar-refractivity contribution in [3.05, 3.63) is 52.0 Å². The van der Waals surface area contributed by atoms with Crippen molar-refractivity contribution in [1.29, 1.82) is 0 Å². The molecule has 0 atom stereocenters. The molecule has 0 saturated heterocycles. The van der Waals surface area contributed by atoms with Gasteiger partial charge >= 0.3 is 0 Å². The second kappa shape index (κ2) is 11.7. The molecule has 5 nitrogen and oxygen atoms in total. The second-order valence-corrected chi connectivity index (χ2v) is 7.56. The third-order valence-electron chi connectivity index (χ3n) is 4.22. The molecule has 29 heavy (non-hydrogen) atoms. The lowest BCUT2D eigenvalue weighted by Gasteiger charge is -2.12. The zero-order valence-corrected chi connectivity index (χ0v) is 18.2. The predicted octanol–water partition coefficient (Wildman–Crippen LogP) is 6.55. The minimum atomic E-state index is -0.341. The van der Waals surface area contributed by atoms with E-state index in [0.717, 1.165) is 12.8 Å². The van der Waals surface area contributed by atoms with E-state index in [-0.39, 0.29) is 11.8 Å². The van der Waals surface area contributed by atoms with Gasteiger partial charge in [0.05, 0.1) is 16.7 Å². The molecule has 0 aliphatic rings. The summed E-state index contributed by atoms with van der Waals surface area (Å²) in [4.78, 5) is 23.6. The summed E-state index contributed by atoms with van der Waals surface area (Å²) in [6.07, 6.45) is 5.64. The Bertz CT molecular complexity index is 815. The first kappa shape index (κ1) is 23.0. The van der Waals surface area contributed by atoms with E-state index in [4.69, 9.17) is 27.9 Å². The number of anilines is 2. The van der Waals surface area contributed by atoms with Crippen LogP contribution in [0.2, 0.25) is 10.0 Å². The van der Waals surface area contributed by atoms with Gasteiger partial charge in [-0.15, -0.1) is 0 Å². The fourth-order valence-corrected chi connectivity index (χ4v) is 3.35. The Balaban J connectivity index is 1.96. The number of carbonyl (C=O) groups excluding carboxylic acids is 2. The minimum absolute atomic E-state index is 0.158. The Kier molecular flexibility index (Phi) is 9.29. The van der Waals surface area contributed by atoms with Gasteiger partial charge in [0.25, 0.3) is 5.91 Å². The monoisotopic (exact) mass is 436 g/mol. The Morgan fingerprint density at radius 1 is 0.897 bits per heavy atom. The van der Waals surface area contributed by atoms with Crippen molar-refractivity contribution < 1.29 is 14.3 Å². The smallest absolute Gasteiger partial charge is 0.255 e. The fourth-order valence-electron chi connectivity index (χ4n) is 2.75. The van der Waals surface area contributed by atoms with Gasteiger partial charge in [-0.2, -0.15) is 0 Å². The summed E-state index contributed by atoms with van der Waals surface area (Å²) in [7, 11) is 0. The van der Waals surface area contributed by atoms with Gasteiger partial charge in [-0.3, -0.25) is 9.59 Å². The summed E-state index contributed by atoms with van der Waals surface area (Å²) in [5, 5.41) is 6.05. The molecule has 0 spiro atoms. The molecule has 0 aliphatic carbocycles. The van der Waals surface area contributed by atoms with Crippen LogP contribution in [0.1, 0.15) is 56.3 Å². The highest BCUT2D eigenvalue weighted by Gasteiger charge is 2.14. The first-order valence-electron chi connectivity index (χ1n) is 9.71. The van der Waals surface area contributed by atoms with Gasteiger partial charge in [0.2, 0.25) is 5.91 Å². The molecule has 7 heteroatoms. The van der Waals surface area contributed by atoms with Gasteiger partial charge in [-0.05, 0) is 42.8 Å². The van der Waals surface area contributed by atoms with E-state index in [2.05, 4.69) is 17.6 Å². The molecule has 0 radical (unpaired) electrons. The van der Waals surface area contributed by atoms with Gasteiger partial charge in [-0.1, -0.05) is 55.8 Å². The van der Waals surface area contributed by atoms with Crippen molar-refractivity contribution >= 4 is 46.4 Å². The molecule has 0 aliphatic heterocycles. The summed E-state index contributed by atoms with van der Waals surface area (Å²) in [6.45, 7) is 4.15. The van der Waals surface area contributed by atoms with E-state index in [1.807, 2.05) is 0 Å². The van der Waals surface area contributed by atoms with E-state index in [1.165, 1.54) is 26.2 Å². The average Bonchev–Trinajstić information content (AvgIpc) is 2.67. The molecule has 0 saturated carbocycles. The maximum atomic E-state index is 12.5. The van der Waals surface area contributed by atoms with E-state index in [0.29, 0.717) is 39.3 Å². The zero-order valence-electron chi connectivity index (χ0n) is 16.7. The first-order valence-corrected chi connectivity index (χ1v) is 10.5. The van der Waals surface area contributed by atoms with Crippen molar-refractivity contribution in [3.8, 4) is 5.75 Å². The SMILES string of the molecule is CCCCCCCOc1c(Cl)cc(C(=O)Nc2ccc(NC(C)=O)cc2)cc1Cl. The number of carbonyl (C=O) groups is 2. The molecular weight excluding hydrogens is 411 g/mol. The fraction of sp³-hybridized carbons (Fsp3) is 0.364. The molecule has 0 bridgehead atoms. The number of unbranched alkanes of at least 4 members (excludes halogenated alkanes) is 4. The van der Waals surface area contributed by atoms with E-state index in [9.17, 15) is 9.59 Å². The molecule has 2 N–H and O–H groups in total. The second-order valence-electron chi connectivity index (χ2n) is 6.74. The molecule has 2 rings (SSSR count). The number of amides is 2. The number of rotatable bonds is 10. The van der Waals surface area contributed by atoms with Crippen molar-refractivity contribution in [2.45, 2.75) is 46.0 Å². The molecule has 2 aromatic rings. The lowest BCUT2D eigenvalue weighted by atomic mass is 10.1. The van der Waals surface area contributed by atoms with Crippen molar-refractivity contribution in [2.75, 3.05) is 17.2 Å². The van der Waals surface area contributed by atoms with Crippen LogP contribution in [-0.4, -0.2) is 18.4 Å². The minimum Gasteiger partial charge on any atom is -0.490 e. The number of benzene rings is 2. The summed E-state index contributed by atoms with van der Waals surface area (Å²) < 4.78 is 5.72. The van der Waals surface area contributed by atoms with Crippen LogP contribution in [0.3, 0.4) is 0 Å². The van der Waals surface area contributed by atoms with Crippen LogP contribution < -0.4 is 15.4 Å². The normalized spacial score (nSPS) is 10.5. The van der Waals surface area contributed by atoms with Crippen LogP contribution in [0.25, 0.3) is 0 Å². The number of nitrogens with one attached hydrogen (secondary N) is 2.